The lowest BCUT2D eigenvalue weighted by Gasteiger charge is -2.31. The summed E-state index contributed by atoms with van der Waals surface area (Å²) in [7, 11) is 0. The molecule has 2 amide bonds. The Morgan fingerprint density at radius 3 is 2.48 bits per heavy atom. The van der Waals surface area contributed by atoms with Crippen molar-refractivity contribution in [2.45, 2.75) is 78.2 Å². The molecule has 0 spiro atoms. The Bertz CT molecular complexity index is 1470. The number of imide groups is 1. The number of carboxylic acids is 1. The highest BCUT2D eigenvalue weighted by atomic mass is 16.4. The summed E-state index contributed by atoms with van der Waals surface area (Å²) in [5.74, 6) is -2.19. The number of amides is 2. The van der Waals surface area contributed by atoms with Crippen molar-refractivity contribution in [3.63, 3.8) is 0 Å². The topological polar surface area (TPSA) is 123 Å². The molecule has 0 bridgehead atoms. The Kier molecular flexibility index (Phi) is 8.50. The van der Waals surface area contributed by atoms with Gasteiger partial charge in [0, 0.05) is 18.2 Å². The molecule has 2 aliphatic carbocycles. The van der Waals surface area contributed by atoms with E-state index in [-0.39, 0.29) is 23.3 Å². The van der Waals surface area contributed by atoms with Crippen LogP contribution in [0.25, 0.3) is 0 Å². The van der Waals surface area contributed by atoms with Crippen LogP contribution in [0.15, 0.2) is 52.6 Å². The van der Waals surface area contributed by atoms with Gasteiger partial charge in [0.1, 0.15) is 5.75 Å². The second kappa shape index (κ2) is 12.1. The molecule has 9 heteroatoms. The lowest BCUT2D eigenvalue weighted by Crippen LogP contribution is -2.49. The number of hydrogen-bond donors (Lipinski definition) is 3. The molecule has 1 heterocycles. The number of aromatic hydroxyl groups is 1. The summed E-state index contributed by atoms with van der Waals surface area (Å²) in [4.78, 5) is 42.8. The number of hydrogen-bond acceptors (Lipinski definition) is 7. The van der Waals surface area contributed by atoms with Crippen LogP contribution >= 0.6 is 0 Å². The van der Waals surface area contributed by atoms with Gasteiger partial charge < -0.3 is 10.2 Å². The van der Waals surface area contributed by atoms with Crippen molar-refractivity contribution in [2.75, 3.05) is 23.4 Å². The highest BCUT2D eigenvalue weighted by Crippen LogP contribution is 2.42. The van der Waals surface area contributed by atoms with Crippen LogP contribution in [-0.2, 0) is 14.4 Å². The number of carboxylic acid groups (broad SMARTS) is 1. The predicted molar refractivity (Wildman–Crippen MR) is 163 cm³/mol. The van der Waals surface area contributed by atoms with Crippen molar-refractivity contribution in [3.05, 3.63) is 64.2 Å². The van der Waals surface area contributed by atoms with E-state index >= 15 is 0 Å². The highest BCUT2D eigenvalue weighted by molar-refractivity contribution is 6.57. The molecule has 3 N–H and O–H groups in total. The first-order valence-corrected chi connectivity index (χ1v) is 14.9. The van der Waals surface area contributed by atoms with Crippen molar-refractivity contribution in [1.29, 1.82) is 0 Å². The summed E-state index contributed by atoms with van der Waals surface area (Å²) in [6.45, 7) is 8.98. The average molecular weight is 573 g/mol. The first kappa shape index (κ1) is 29.5. The zero-order chi connectivity index (χ0) is 30.1. The molecule has 2 aromatic rings. The number of phenols is 1. The number of para-hydroxylation sites is 1. The van der Waals surface area contributed by atoms with Crippen LogP contribution in [0.3, 0.4) is 0 Å². The van der Waals surface area contributed by atoms with Crippen molar-refractivity contribution >= 4 is 34.9 Å². The van der Waals surface area contributed by atoms with Crippen molar-refractivity contribution in [3.8, 4) is 5.75 Å². The number of aryl methyl sites for hydroxylation is 2. The number of nitrogens with one attached hydrogen (secondary N) is 1. The smallest absolute Gasteiger partial charge is 0.306 e. The van der Waals surface area contributed by atoms with Gasteiger partial charge in [-0.2, -0.15) is 5.10 Å². The number of benzene rings is 2. The van der Waals surface area contributed by atoms with Crippen molar-refractivity contribution < 1.29 is 24.6 Å². The van der Waals surface area contributed by atoms with E-state index in [1.165, 1.54) is 4.90 Å². The fourth-order valence-electron chi connectivity index (χ4n) is 6.15. The van der Waals surface area contributed by atoms with E-state index in [0.29, 0.717) is 53.5 Å². The van der Waals surface area contributed by atoms with Crippen LogP contribution in [0, 0.1) is 19.8 Å². The van der Waals surface area contributed by atoms with E-state index in [1.807, 2.05) is 32.0 Å². The standard InChI is InChI=1S/C33H40N4O5/c1-5-36(24-14-15-24)18-27-21(4)29(32(40)37(31(27)39)25-13-12-19(2)20(3)16-25)35-34-28-11-7-10-26(30(28)38)22-8-6-9-23(17-22)33(41)42/h7,10-13,16,22-24,34,38H,5-6,8-9,14-15,17-18H2,1-4H3,(H,41,42)/b35-29+. The number of anilines is 2. The molecule has 222 valence electrons. The van der Waals surface area contributed by atoms with E-state index < -0.39 is 17.8 Å². The van der Waals surface area contributed by atoms with E-state index in [0.717, 1.165) is 43.4 Å². The number of hydrazone groups is 1. The lowest BCUT2D eigenvalue weighted by molar-refractivity contribution is -0.143. The monoisotopic (exact) mass is 572 g/mol. The van der Waals surface area contributed by atoms with Gasteiger partial charge in [0.05, 0.1) is 17.3 Å². The first-order chi connectivity index (χ1) is 20.1. The molecule has 5 rings (SSSR count). The number of rotatable bonds is 9. The van der Waals surface area contributed by atoms with Gasteiger partial charge in [-0.25, -0.2) is 4.90 Å². The number of phenolic OH excluding ortho intramolecular Hbond substituents is 1. The second-order valence-electron chi connectivity index (χ2n) is 11.8. The Labute approximate surface area is 246 Å². The molecule has 2 unspecified atom stereocenters. The Morgan fingerprint density at radius 1 is 1.05 bits per heavy atom. The number of likely N-dealkylation sites (N-methyl/N-ethyl adjacent to an activating group) is 1. The number of nitrogens with zero attached hydrogens (tertiary/aromatic N) is 3. The molecule has 0 aromatic heterocycles. The van der Waals surface area contributed by atoms with Gasteiger partial charge in [-0.05, 0) is 106 Å². The predicted octanol–water partition coefficient (Wildman–Crippen LogP) is 5.51. The third-order valence-electron chi connectivity index (χ3n) is 9.07. The maximum atomic E-state index is 13.9. The maximum absolute atomic E-state index is 13.9. The molecule has 2 atom stereocenters. The maximum Gasteiger partial charge on any atom is 0.306 e. The molecular formula is C33H40N4O5. The number of aliphatic carboxylic acids is 1. The Morgan fingerprint density at radius 2 is 1.81 bits per heavy atom. The molecule has 0 saturated heterocycles. The molecule has 1 aliphatic heterocycles. The zero-order valence-corrected chi connectivity index (χ0v) is 24.8. The fourth-order valence-corrected chi connectivity index (χ4v) is 6.15. The van der Waals surface area contributed by atoms with Gasteiger partial charge in [-0.15, -0.1) is 0 Å². The minimum Gasteiger partial charge on any atom is -0.505 e. The van der Waals surface area contributed by atoms with Crippen molar-refractivity contribution in [1.82, 2.24) is 4.90 Å². The minimum absolute atomic E-state index is 0.00372. The van der Waals surface area contributed by atoms with Crippen LogP contribution in [0.1, 0.15) is 75.0 Å². The van der Waals surface area contributed by atoms with Gasteiger partial charge in [-0.1, -0.05) is 31.5 Å². The van der Waals surface area contributed by atoms with Crippen LogP contribution < -0.4 is 10.3 Å². The van der Waals surface area contributed by atoms with Crippen LogP contribution in [0.5, 0.6) is 5.75 Å². The largest absolute Gasteiger partial charge is 0.505 e. The van der Waals surface area contributed by atoms with Gasteiger partial charge in [-0.3, -0.25) is 24.7 Å². The molecule has 42 heavy (non-hydrogen) atoms. The van der Waals surface area contributed by atoms with Gasteiger partial charge in [0.25, 0.3) is 11.8 Å². The Hall–Kier alpha value is -3.98. The van der Waals surface area contributed by atoms with Gasteiger partial charge in [0.15, 0.2) is 5.71 Å². The van der Waals surface area contributed by atoms with E-state index in [2.05, 4.69) is 22.4 Å². The molecule has 3 aliphatic rings. The van der Waals surface area contributed by atoms with Crippen LogP contribution in [-0.4, -0.2) is 57.7 Å². The van der Waals surface area contributed by atoms with Gasteiger partial charge in [0.2, 0.25) is 0 Å². The van der Waals surface area contributed by atoms with Crippen LogP contribution in [0.4, 0.5) is 11.4 Å². The first-order valence-electron chi connectivity index (χ1n) is 14.9. The summed E-state index contributed by atoms with van der Waals surface area (Å²) >= 11 is 0. The third kappa shape index (κ3) is 5.83. The van der Waals surface area contributed by atoms with Gasteiger partial charge >= 0.3 is 5.97 Å². The quantitative estimate of drug-likeness (QED) is 0.206. The van der Waals surface area contributed by atoms with Crippen molar-refractivity contribution in [2.24, 2.45) is 11.0 Å². The SMILES string of the molecule is CCN(CC1=C(C)/C(=N\Nc2cccc(C3CCCC(C(=O)O)C3)c2O)C(=O)N(c2ccc(C)c(C)c2)C1=O)C1CC1. The van der Waals surface area contributed by atoms with E-state index in [1.54, 1.807) is 25.1 Å². The lowest BCUT2D eigenvalue weighted by atomic mass is 9.77. The molecule has 0 radical (unpaired) electrons. The number of carbonyl (C=O) groups is 3. The number of carbonyl (C=O) groups excluding carboxylic acids is 2. The summed E-state index contributed by atoms with van der Waals surface area (Å²) in [6, 6.07) is 11.2. The third-order valence-corrected chi connectivity index (χ3v) is 9.07. The van der Waals surface area contributed by atoms with E-state index in [4.69, 9.17) is 0 Å². The second-order valence-corrected chi connectivity index (χ2v) is 11.8. The molecule has 9 nitrogen and oxygen atoms in total. The molecule has 2 saturated carbocycles. The van der Waals surface area contributed by atoms with E-state index in [9.17, 15) is 24.6 Å². The summed E-state index contributed by atoms with van der Waals surface area (Å²) in [5, 5.41) is 25.2. The molecule has 2 fully saturated rings. The highest BCUT2D eigenvalue weighted by Gasteiger charge is 2.40. The fraction of sp³-hybridized carbons (Fsp3) is 0.455. The molecule has 2 aromatic carbocycles. The Balaban J connectivity index is 1.50. The average Bonchev–Trinajstić information content (AvgIpc) is 3.81. The van der Waals surface area contributed by atoms with Crippen LogP contribution in [0.2, 0.25) is 0 Å². The normalized spacial score (nSPS) is 22.3. The summed E-state index contributed by atoms with van der Waals surface area (Å²) < 4.78 is 0. The summed E-state index contributed by atoms with van der Waals surface area (Å²) in [5.41, 5.74) is 7.59. The zero-order valence-electron chi connectivity index (χ0n) is 24.8. The summed E-state index contributed by atoms with van der Waals surface area (Å²) in [6.07, 6.45) is 4.87. The minimum atomic E-state index is -0.806. The molecular weight excluding hydrogens is 532 g/mol.